The van der Waals surface area contributed by atoms with Crippen molar-refractivity contribution in [2.24, 2.45) is 0 Å². The van der Waals surface area contributed by atoms with E-state index >= 15 is 0 Å². The van der Waals surface area contributed by atoms with Crippen LogP contribution >= 0.6 is 11.3 Å². The SMILES string of the molecule is Cc1noc(-c2ccc(S(C)(=O)=O)cc2)c1-c1ccc(-c2cscn2)cc1. The Labute approximate surface area is 161 Å². The van der Waals surface area contributed by atoms with Crippen molar-refractivity contribution in [1.29, 1.82) is 0 Å². The van der Waals surface area contributed by atoms with Crippen molar-refractivity contribution in [3.05, 3.63) is 65.1 Å². The van der Waals surface area contributed by atoms with Crippen LogP contribution in [-0.4, -0.2) is 24.8 Å². The summed E-state index contributed by atoms with van der Waals surface area (Å²) in [7, 11) is -3.24. The lowest BCUT2D eigenvalue weighted by molar-refractivity contribution is 0.427. The minimum atomic E-state index is -3.24. The highest BCUT2D eigenvalue weighted by Crippen LogP contribution is 2.36. The summed E-state index contributed by atoms with van der Waals surface area (Å²) in [6, 6.07) is 14.7. The van der Waals surface area contributed by atoms with Gasteiger partial charge in [-0.25, -0.2) is 13.4 Å². The summed E-state index contributed by atoms with van der Waals surface area (Å²) < 4.78 is 28.9. The third-order valence-electron chi connectivity index (χ3n) is 4.31. The second-order valence-electron chi connectivity index (χ2n) is 6.22. The van der Waals surface area contributed by atoms with Crippen molar-refractivity contribution in [2.45, 2.75) is 11.8 Å². The number of hydrogen-bond acceptors (Lipinski definition) is 6. The molecule has 0 atom stereocenters. The summed E-state index contributed by atoms with van der Waals surface area (Å²) in [6.45, 7) is 1.89. The number of aryl methyl sites for hydroxylation is 1. The van der Waals surface area contributed by atoms with Gasteiger partial charge in [-0.3, -0.25) is 0 Å². The summed E-state index contributed by atoms with van der Waals surface area (Å²) in [6.07, 6.45) is 1.19. The number of hydrogen-bond donors (Lipinski definition) is 0. The molecule has 27 heavy (non-hydrogen) atoms. The molecule has 136 valence electrons. The molecule has 0 saturated carbocycles. The maximum absolute atomic E-state index is 11.7. The lowest BCUT2D eigenvalue weighted by Crippen LogP contribution is -1.96. The van der Waals surface area contributed by atoms with Gasteiger partial charge < -0.3 is 4.52 Å². The molecule has 0 radical (unpaired) electrons. The molecule has 2 aromatic carbocycles. The highest BCUT2D eigenvalue weighted by atomic mass is 32.2. The van der Waals surface area contributed by atoms with Crippen molar-refractivity contribution in [1.82, 2.24) is 10.1 Å². The van der Waals surface area contributed by atoms with Crippen LogP contribution in [0.15, 0.2) is 68.8 Å². The standard InChI is InChI=1S/C20H16N2O3S2/c1-13-19(15-5-3-14(4-6-15)18-11-26-12-21-18)20(25-22-13)16-7-9-17(10-8-16)27(2,23)24/h3-12H,1-2H3. The molecule has 0 bridgehead atoms. The van der Waals surface area contributed by atoms with Gasteiger partial charge in [-0.15, -0.1) is 11.3 Å². The lowest BCUT2D eigenvalue weighted by Gasteiger charge is -2.05. The molecule has 5 nitrogen and oxygen atoms in total. The molecule has 4 rings (SSSR count). The van der Waals surface area contributed by atoms with Crippen LogP contribution in [0.2, 0.25) is 0 Å². The Hall–Kier alpha value is -2.77. The highest BCUT2D eigenvalue weighted by molar-refractivity contribution is 7.90. The van der Waals surface area contributed by atoms with Gasteiger partial charge in [0.05, 0.1) is 27.4 Å². The number of sulfone groups is 1. The van der Waals surface area contributed by atoms with Crippen LogP contribution in [0.5, 0.6) is 0 Å². The van der Waals surface area contributed by atoms with Crippen LogP contribution in [0.3, 0.4) is 0 Å². The Morgan fingerprint density at radius 2 is 1.56 bits per heavy atom. The lowest BCUT2D eigenvalue weighted by atomic mass is 9.98. The molecular weight excluding hydrogens is 380 g/mol. The summed E-state index contributed by atoms with van der Waals surface area (Å²) in [5.74, 6) is 0.619. The van der Waals surface area contributed by atoms with Crippen molar-refractivity contribution in [3.63, 3.8) is 0 Å². The molecule has 0 aliphatic rings. The minimum absolute atomic E-state index is 0.275. The maximum Gasteiger partial charge on any atom is 0.175 e. The monoisotopic (exact) mass is 396 g/mol. The fourth-order valence-corrected chi connectivity index (χ4v) is 4.11. The molecule has 0 saturated heterocycles. The first-order chi connectivity index (χ1) is 12.9. The van der Waals surface area contributed by atoms with Gasteiger partial charge in [0.2, 0.25) is 0 Å². The van der Waals surface area contributed by atoms with E-state index in [-0.39, 0.29) is 4.90 Å². The molecule has 0 amide bonds. The maximum atomic E-state index is 11.7. The Kier molecular flexibility index (Phi) is 4.41. The van der Waals surface area contributed by atoms with Crippen molar-refractivity contribution >= 4 is 21.2 Å². The molecule has 0 unspecified atom stereocenters. The fraction of sp³-hybridized carbons (Fsp3) is 0.100. The number of thiazole rings is 1. The zero-order valence-electron chi connectivity index (χ0n) is 14.7. The van der Waals surface area contributed by atoms with E-state index < -0.39 is 9.84 Å². The van der Waals surface area contributed by atoms with Crippen LogP contribution in [0.25, 0.3) is 33.7 Å². The van der Waals surface area contributed by atoms with Gasteiger partial charge in [0, 0.05) is 22.8 Å². The smallest absolute Gasteiger partial charge is 0.175 e. The molecule has 0 N–H and O–H groups in total. The third-order valence-corrected chi connectivity index (χ3v) is 6.02. The van der Waals surface area contributed by atoms with E-state index in [9.17, 15) is 8.42 Å². The summed E-state index contributed by atoms with van der Waals surface area (Å²) in [5.41, 5.74) is 7.24. The topological polar surface area (TPSA) is 73.1 Å². The molecule has 7 heteroatoms. The van der Waals surface area contributed by atoms with Gasteiger partial charge in [0.15, 0.2) is 15.6 Å². The largest absolute Gasteiger partial charge is 0.355 e. The number of rotatable bonds is 4. The first-order valence-electron chi connectivity index (χ1n) is 8.19. The van der Waals surface area contributed by atoms with E-state index in [1.54, 1.807) is 35.6 Å². The molecule has 0 aliphatic heterocycles. The highest BCUT2D eigenvalue weighted by Gasteiger charge is 2.18. The molecule has 0 fully saturated rings. The molecular formula is C20H16N2O3S2. The second-order valence-corrected chi connectivity index (χ2v) is 8.95. The van der Waals surface area contributed by atoms with Crippen LogP contribution in [-0.2, 0) is 9.84 Å². The molecule has 2 aromatic heterocycles. The Morgan fingerprint density at radius 3 is 2.15 bits per heavy atom. The van der Waals surface area contributed by atoms with Gasteiger partial charge in [-0.2, -0.15) is 0 Å². The van der Waals surface area contributed by atoms with E-state index in [4.69, 9.17) is 4.52 Å². The number of aromatic nitrogens is 2. The van der Waals surface area contributed by atoms with Crippen LogP contribution in [0.1, 0.15) is 5.69 Å². The van der Waals surface area contributed by atoms with Gasteiger partial charge in [0.1, 0.15) is 0 Å². The summed E-state index contributed by atoms with van der Waals surface area (Å²) in [5, 5.41) is 6.12. The average molecular weight is 396 g/mol. The van der Waals surface area contributed by atoms with Gasteiger partial charge in [-0.05, 0) is 36.8 Å². The zero-order valence-corrected chi connectivity index (χ0v) is 16.3. The fourth-order valence-electron chi connectivity index (χ4n) is 2.92. The zero-order chi connectivity index (χ0) is 19.0. The van der Waals surface area contributed by atoms with E-state index in [1.807, 2.05) is 42.1 Å². The van der Waals surface area contributed by atoms with Crippen LogP contribution < -0.4 is 0 Å². The predicted molar refractivity (Wildman–Crippen MR) is 106 cm³/mol. The Balaban J connectivity index is 1.74. The van der Waals surface area contributed by atoms with Crippen molar-refractivity contribution in [2.75, 3.05) is 6.26 Å². The van der Waals surface area contributed by atoms with Crippen molar-refractivity contribution in [3.8, 4) is 33.7 Å². The quantitative estimate of drug-likeness (QED) is 0.493. The second kappa shape index (κ2) is 6.75. The Bertz CT molecular complexity index is 1180. The van der Waals surface area contributed by atoms with Gasteiger partial charge in [-0.1, -0.05) is 29.4 Å². The van der Waals surface area contributed by atoms with Gasteiger partial charge in [0.25, 0.3) is 0 Å². The Morgan fingerprint density at radius 1 is 0.926 bits per heavy atom. The van der Waals surface area contributed by atoms with E-state index in [0.717, 1.165) is 33.6 Å². The first-order valence-corrected chi connectivity index (χ1v) is 11.0. The first kappa shape index (κ1) is 17.6. The van der Waals surface area contributed by atoms with Crippen molar-refractivity contribution < 1.29 is 12.9 Å². The van der Waals surface area contributed by atoms with E-state index in [2.05, 4.69) is 10.1 Å². The molecule has 0 aliphatic carbocycles. The normalized spacial score (nSPS) is 11.6. The third kappa shape index (κ3) is 3.43. The van der Waals surface area contributed by atoms with Crippen LogP contribution in [0, 0.1) is 6.92 Å². The average Bonchev–Trinajstić information content (AvgIpc) is 3.31. The minimum Gasteiger partial charge on any atom is -0.355 e. The molecule has 2 heterocycles. The summed E-state index contributed by atoms with van der Waals surface area (Å²) in [4.78, 5) is 4.60. The van der Waals surface area contributed by atoms with E-state index in [0.29, 0.717) is 5.76 Å². The number of nitrogens with zero attached hydrogens (tertiary/aromatic N) is 2. The number of benzene rings is 2. The molecule has 4 aromatic rings. The van der Waals surface area contributed by atoms with Gasteiger partial charge >= 0.3 is 0 Å². The summed E-state index contributed by atoms with van der Waals surface area (Å²) >= 11 is 1.56. The molecule has 0 spiro atoms. The van der Waals surface area contributed by atoms with E-state index in [1.165, 1.54) is 6.26 Å². The van der Waals surface area contributed by atoms with Crippen LogP contribution in [0.4, 0.5) is 0 Å². The predicted octanol–water partition coefficient (Wildman–Crippen LogP) is 4.84.